The predicted molar refractivity (Wildman–Crippen MR) is 62.2 cm³/mol. The lowest BCUT2D eigenvalue weighted by Gasteiger charge is -2.15. The van der Waals surface area contributed by atoms with Crippen LogP contribution in [0.25, 0.3) is 0 Å². The molecule has 0 heterocycles. The molecule has 1 nitrogen and oxygen atoms in total. The summed E-state index contributed by atoms with van der Waals surface area (Å²) in [6, 6.07) is 10.5. The minimum absolute atomic E-state index is 0.749. The van der Waals surface area contributed by atoms with Crippen molar-refractivity contribution in [3.05, 3.63) is 35.9 Å². The Bertz CT molecular complexity index is 241. The maximum atomic E-state index is 3.48. The lowest BCUT2D eigenvalue weighted by atomic mass is 9.98. The van der Waals surface area contributed by atoms with Crippen LogP contribution in [0.2, 0.25) is 0 Å². The summed E-state index contributed by atoms with van der Waals surface area (Å²) in [7, 11) is 0. The molecule has 1 heteroatoms. The van der Waals surface area contributed by atoms with Crippen molar-refractivity contribution >= 4 is 0 Å². The van der Waals surface area contributed by atoms with Crippen LogP contribution in [0.5, 0.6) is 0 Å². The summed E-state index contributed by atoms with van der Waals surface area (Å²) >= 11 is 0. The highest BCUT2D eigenvalue weighted by molar-refractivity contribution is 5.14. The first kappa shape index (κ1) is 11.3. The number of rotatable bonds is 5. The molecule has 0 aliphatic carbocycles. The smallest absolute Gasteiger partial charge is 0.0205 e. The van der Waals surface area contributed by atoms with Crippen LogP contribution in [0.15, 0.2) is 30.3 Å². The van der Waals surface area contributed by atoms with E-state index in [4.69, 9.17) is 0 Å². The molecule has 0 saturated carbocycles. The third kappa shape index (κ3) is 3.93. The fourth-order valence-electron chi connectivity index (χ4n) is 1.28. The molecule has 0 aromatic heterocycles. The van der Waals surface area contributed by atoms with E-state index in [-0.39, 0.29) is 0 Å². The van der Waals surface area contributed by atoms with E-state index in [1.165, 1.54) is 5.56 Å². The molecule has 0 amide bonds. The van der Waals surface area contributed by atoms with Gasteiger partial charge in [0.25, 0.3) is 0 Å². The highest BCUT2D eigenvalue weighted by Gasteiger charge is 2.05. The first-order valence-corrected chi connectivity index (χ1v) is 5.44. The quantitative estimate of drug-likeness (QED) is 0.754. The second-order valence-electron chi connectivity index (χ2n) is 4.34. The first-order chi connectivity index (χ1) is 6.70. The molecule has 0 radical (unpaired) electrons. The Kier molecular flexibility index (Phi) is 4.68. The number of benzene rings is 1. The summed E-state index contributed by atoms with van der Waals surface area (Å²) in [5.74, 6) is 1.51. The highest BCUT2D eigenvalue weighted by Crippen LogP contribution is 2.08. The lowest BCUT2D eigenvalue weighted by molar-refractivity contribution is 0.392. The lowest BCUT2D eigenvalue weighted by Crippen LogP contribution is -2.23. The molecule has 0 aliphatic heterocycles. The van der Waals surface area contributed by atoms with Gasteiger partial charge in [0.1, 0.15) is 0 Å². The van der Waals surface area contributed by atoms with Gasteiger partial charge in [0.05, 0.1) is 0 Å². The highest BCUT2D eigenvalue weighted by atomic mass is 14.9. The molecule has 0 aliphatic rings. The summed E-state index contributed by atoms with van der Waals surface area (Å²) in [4.78, 5) is 0. The molecule has 14 heavy (non-hydrogen) atoms. The molecule has 78 valence electrons. The molecule has 0 saturated heterocycles. The summed E-state index contributed by atoms with van der Waals surface area (Å²) in [5.41, 5.74) is 1.36. The Labute approximate surface area is 87.5 Å². The molecular formula is C13H21N. The Balaban J connectivity index is 2.22. The van der Waals surface area contributed by atoms with Gasteiger partial charge in [0.2, 0.25) is 0 Å². The second kappa shape index (κ2) is 5.82. The van der Waals surface area contributed by atoms with Crippen LogP contribution in [-0.2, 0) is 6.54 Å². The van der Waals surface area contributed by atoms with Crippen molar-refractivity contribution in [1.29, 1.82) is 0 Å². The molecule has 0 bridgehead atoms. The third-order valence-electron chi connectivity index (χ3n) is 2.78. The monoisotopic (exact) mass is 191 g/mol. The maximum absolute atomic E-state index is 3.48. The number of hydrogen-bond donors (Lipinski definition) is 1. The van der Waals surface area contributed by atoms with Gasteiger partial charge in [0.15, 0.2) is 0 Å². The van der Waals surface area contributed by atoms with E-state index in [0.717, 1.165) is 24.9 Å². The Morgan fingerprint density at radius 1 is 1.07 bits per heavy atom. The van der Waals surface area contributed by atoms with Crippen molar-refractivity contribution in [1.82, 2.24) is 5.32 Å². The molecular weight excluding hydrogens is 170 g/mol. The molecule has 1 unspecified atom stereocenters. The normalized spacial score (nSPS) is 13.1. The summed E-state index contributed by atoms with van der Waals surface area (Å²) < 4.78 is 0. The van der Waals surface area contributed by atoms with Crippen LogP contribution in [0.1, 0.15) is 26.3 Å². The Morgan fingerprint density at radius 3 is 2.29 bits per heavy atom. The SMILES string of the molecule is CC(C)C(C)CNCc1ccccc1. The largest absolute Gasteiger partial charge is 0.312 e. The zero-order chi connectivity index (χ0) is 10.4. The maximum Gasteiger partial charge on any atom is 0.0205 e. The van der Waals surface area contributed by atoms with E-state index in [9.17, 15) is 0 Å². The van der Waals surface area contributed by atoms with Crippen molar-refractivity contribution in [2.75, 3.05) is 6.54 Å². The van der Waals surface area contributed by atoms with Crippen LogP contribution in [0.3, 0.4) is 0 Å². The Morgan fingerprint density at radius 2 is 1.71 bits per heavy atom. The Hall–Kier alpha value is -0.820. The molecule has 1 aromatic carbocycles. The second-order valence-corrected chi connectivity index (χ2v) is 4.34. The van der Waals surface area contributed by atoms with Crippen molar-refractivity contribution in [3.8, 4) is 0 Å². The van der Waals surface area contributed by atoms with Crippen molar-refractivity contribution < 1.29 is 0 Å². The van der Waals surface area contributed by atoms with Gasteiger partial charge in [-0.3, -0.25) is 0 Å². The predicted octanol–water partition coefficient (Wildman–Crippen LogP) is 3.07. The molecule has 1 aromatic rings. The average molecular weight is 191 g/mol. The van der Waals surface area contributed by atoms with Crippen LogP contribution >= 0.6 is 0 Å². The summed E-state index contributed by atoms with van der Waals surface area (Å²) in [6.07, 6.45) is 0. The first-order valence-electron chi connectivity index (χ1n) is 5.44. The summed E-state index contributed by atoms with van der Waals surface area (Å²) in [5, 5.41) is 3.48. The van der Waals surface area contributed by atoms with E-state index >= 15 is 0 Å². The van der Waals surface area contributed by atoms with E-state index in [2.05, 4.69) is 56.4 Å². The third-order valence-corrected chi connectivity index (χ3v) is 2.78. The number of nitrogens with one attached hydrogen (secondary N) is 1. The zero-order valence-corrected chi connectivity index (χ0v) is 9.46. The minimum Gasteiger partial charge on any atom is -0.312 e. The minimum atomic E-state index is 0.749. The van der Waals surface area contributed by atoms with Crippen LogP contribution in [0, 0.1) is 11.8 Å². The van der Waals surface area contributed by atoms with Crippen LogP contribution < -0.4 is 5.32 Å². The van der Waals surface area contributed by atoms with Gasteiger partial charge in [-0.05, 0) is 23.9 Å². The summed E-state index contributed by atoms with van der Waals surface area (Å²) in [6.45, 7) is 8.93. The van der Waals surface area contributed by atoms with Gasteiger partial charge in [-0.2, -0.15) is 0 Å². The zero-order valence-electron chi connectivity index (χ0n) is 9.46. The van der Waals surface area contributed by atoms with Crippen molar-refractivity contribution in [2.24, 2.45) is 11.8 Å². The van der Waals surface area contributed by atoms with Crippen molar-refractivity contribution in [3.63, 3.8) is 0 Å². The molecule has 1 N–H and O–H groups in total. The molecule has 1 rings (SSSR count). The van der Waals surface area contributed by atoms with Gasteiger partial charge in [-0.1, -0.05) is 51.1 Å². The van der Waals surface area contributed by atoms with Crippen LogP contribution in [-0.4, -0.2) is 6.54 Å². The van der Waals surface area contributed by atoms with Crippen molar-refractivity contribution in [2.45, 2.75) is 27.3 Å². The molecule has 0 spiro atoms. The van der Waals surface area contributed by atoms with Gasteiger partial charge in [-0.25, -0.2) is 0 Å². The van der Waals surface area contributed by atoms with Gasteiger partial charge in [0, 0.05) is 6.54 Å². The van der Waals surface area contributed by atoms with E-state index < -0.39 is 0 Å². The fourth-order valence-corrected chi connectivity index (χ4v) is 1.28. The van der Waals surface area contributed by atoms with E-state index in [0.29, 0.717) is 0 Å². The van der Waals surface area contributed by atoms with E-state index in [1.54, 1.807) is 0 Å². The van der Waals surface area contributed by atoms with Crippen LogP contribution in [0.4, 0.5) is 0 Å². The van der Waals surface area contributed by atoms with Gasteiger partial charge >= 0.3 is 0 Å². The molecule has 0 fully saturated rings. The number of hydrogen-bond acceptors (Lipinski definition) is 1. The average Bonchev–Trinajstić information content (AvgIpc) is 2.19. The molecule has 1 atom stereocenters. The topological polar surface area (TPSA) is 12.0 Å². The van der Waals surface area contributed by atoms with Gasteiger partial charge in [-0.15, -0.1) is 0 Å². The van der Waals surface area contributed by atoms with Gasteiger partial charge < -0.3 is 5.32 Å². The standard InChI is InChI=1S/C13H21N/c1-11(2)12(3)9-14-10-13-7-5-4-6-8-13/h4-8,11-12,14H,9-10H2,1-3H3. The fraction of sp³-hybridized carbons (Fsp3) is 0.538. The van der Waals surface area contributed by atoms with E-state index in [1.807, 2.05) is 0 Å².